The zero-order chi connectivity index (χ0) is 12.4. The number of hydrogen-bond donors (Lipinski definition) is 1. The summed E-state index contributed by atoms with van der Waals surface area (Å²) < 4.78 is 13.4. The van der Waals surface area contributed by atoms with E-state index in [0.717, 1.165) is 0 Å². The summed E-state index contributed by atoms with van der Waals surface area (Å²) in [6, 6.07) is 6.08. The van der Waals surface area contributed by atoms with Gasteiger partial charge in [0.25, 0.3) is 0 Å². The van der Waals surface area contributed by atoms with Gasteiger partial charge in [0.15, 0.2) is 0 Å². The maximum atomic E-state index is 13.4. The number of anilines is 1. The Hall–Kier alpha value is -1.93. The van der Waals surface area contributed by atoms with Crippen molar-refractivity contribution >= 4 is 11.6 Å². The van der Waals surface area contributed by atoms with Crippen LogP contribution in [0.1, 0.15) is 12.0 Å². The number of carbonyl (C=O) groups excluding carboxylic acids is 1. The maximum absolute atomic E-state index is 13.4. The molecule has 4 nitrogen and oxygen atoms in total. The van der Waals surface area contributed by atoms with Gasteiger partial charge < -0.3 is 10.6 Å². The summed E-state index contributed by atoms with van der Waals surface area (Å²) in [5, 5.41) is 8.92. The van der Waals surface area contributed by atoms with E-state index in [1.807, 2.05) is 0 Å². The second-order valence-corrected chi connectivity index (χ2v) is 4.06. The van der Waals surface area contributed by atoms with Crippen LogP contribution in [-0.4, -0.2) is 19.0 Å². The smallest absolute Gasteiger partial charge is 0.227 e. The average Bonchev–Trinajstić information content (AvgIpc) is 2.70. The highest BCUT2D eigenvalue weighted by atomic mass is 19.1. The molecule has 0 saturated carbocycles. The van der Waals surface area contributed by atoms with Crippen molar-refractivity contribution in [3.8, 4) is 6.07 Å². The van der Waals surface area contributed by atoms with Crippen molar-refractivity contribution in [3.05, 3.63) is 29.6 Å². The van der Waals surface area contributed by atoms with Crippen LogP contribution in [0.25, 0.3) is 0 Å². The van der Waals surface area contributed by atoms with Gasteiger partial charge in [0.1, 0.15) is 17.4 Å². The third kappa shape index (κ3) is 1.99. The first-order chi connectivity index (χ1) is 8.17. The van der Waals surface area contributed by atoms with Crippen LogP contribution in [0.15, 0.2) is 18.2 Å². The Kier molecular flexibility index (Phi) is 3.07. The third-order valence-electron chi connectivity index (χ3n) is 2.93. The molecule has 1 aliphatic rings. The Morgan fingerprint density at radius 1 is 1.59 bits per heavy atom. The van der Waals surface area contributed by atoms with Crippen molar-refractivity contribution in [2.45, 2.75) is 6.42 Å². The van der Waals surface area contributed by atoms with Crippen molar-refractivity contribution in [2.24, 2.45) is 11.7 Å². The molecule has 1 atom stereocenters. The molecular formula is C12H12FN3O. The summed E-state index contributed by atoms with van der Waals surface area (Å²) in [5.74, 6) is -0.631. The Labute approximate surface area is 98.4 Å². The molecule has 2 rings (SSSR count). The topological polar surface area (TPSA) is 70.1 Å². The normalized spacial score (nSPS) is 19.5. The van der Waals surface area contributed by atoms with Gasteiger partial charge in [-0.2, -0.15) is 5.26 Å². The Morgan fingerprint density at radius 3 is 2.94 bits per heavy atom. The van der Waals surface area contributed by atoms with E-state index < -0.39 is 5.82 Å². The highest BCUT2D eigenvalue weighted by Crippen LogP contribution is 2.28. The van der Waals surface area contributed by atoms with Gasteiger partial charge in [-0.15, -0.1) is 0 Å². The fraction of sp³-hybridized carbons (Fsp3) is 0.333. The zero-order valence-electron chi connectivity index (χ0n) is 9.19. The van der Waals surface area contributed by atoms with Gasteiger partial charge in [-0.25, -0.2) is 4.39 Å². The number of hydrogen-bond acceptors (Lipinski definition) is 3. The van der Waals surface area contributed by atoms with Gasteiger partial charge in [0.2, 0.25) is 5.91 Å². The van der Waals surface area contributed by atoms with Crippen LogP contribution in [0.2, 0.25) is 0 Å². The number of nitriles is 1. The molecule has 17 heavy (non-hydrogen) atoms. The Balaban J connectivity index is 2.39. The van der Waals surface area contributed by atoms with Crippen LogP contribution in [0.4, 0.5) is 10.1 Å². The van der Waals surface area contributed by atoms with Crippen molar-refractivity contribution < 1.29 is 9.18 Å². The van der Waals surface area contributed by atoms with Crippen LogP contribution in [0.3, 0.4) is 0 Å². The number of halogens is 1. The first-order valence-electron chi connectivity index (χ1n) is 5.36. The molecule has 1 aromatic rings. The van der Waals surface area contributed by atoms with E-state index in [-0.39, 0.29) is 17.4 Å². The van der Waals surface area contributed by atoms with Crippen LogP contribution >= 0.6 is 0 Å². The summed E-state index contributed by atoms with van der Waals surface area (Å²) in [5.41, 5.74) is 5.78. The first-order valence-corrected chi connectivity index (χ1v) is 5.36. The molecule has 0 spiro atoms. The number of nitrogens with zero attached hydrogens (tertiary/aromatic N) is 2. The van der Waals surface area contributed by atoms with Gasteiger partial charge in [-0.1, -0.05) is 6.07 Å². The fourth-order valence-corrected chi connectivity index (χ4v) is 2.02. The lowest BCUT2D eigenvalue weighted by molar-refractivity contribution is -0.117. The number of nitrogens with two attached hydrogens (primary N) is 1. The molecule has 0 bridgehead atoms. The largest absolute Gasteiger partial charge is 0.330 e. The van der Waals surface area contributed by atoms with E-state index >= 15 is 0 Å². The second kappa shape index (κ2) is 4.52. The van der Waals surface area contributed by atoms with Crippen LogP contribution in [0, 0.1) is 23.1 Å². The minimum Gasteiger partial charge on any atom is -0.330 e. The first kappa shape index (κ1) is 11.6. The standard InChI is InChI=1S/C12H12FN3O/c13-10-2-1-3-11(9(10)6-15)16-7-8(5-14)4-12(16)17/h1-3,8H,4-5,7,14H2. The minimum atomic E-state index is -0.603. The molecule has 2 N–H and O–H groups in total. The van der Waals surface area contributed by atoms with Gasteiger partial charge >= 0.3 is 0 Å². The molecule has 0 aromatic heterocycles. The lowest BCUT2D eigenvalue weighted by atomic mass is 10.1. The quantitative estimate of drug-likeness (QED) is 0.828. The van der Waals surface area contributed by atoms with E-state index in [9.17, 15) is 9.18 Å². The Bertz CT molecular complexity index is 495. The molecule has 1 fully saturated rings. The van der Waals surface area contributed by atoms with Crippen molar-refractivity contribution in [3.63, 3.8) is 0 Å². The highest BCUT2D eigenvalue weighted by Gasteiger charge is 2.31. The molecule has 88 valence electrons. The van der Waals surface area contributed by atoms with Crippen molar-refractivity contribution in [1.29, 1.82) is 5.26 Å². The highest BCUT2D eigenvalue weighted by molar-refractivity contribution is 5.97. The summed E-state index contributed by atoms with van der Waals surface area (Å²) in [4.78, 5) is 13.2. The number of carbonyl (C=O) groups is 1. The van der Waals surface area contributed by atoms with Gasteiger partial charge in [0, 0.05) is 13.0 Å². The second-order valence-electron chi connectivity index (χ2n) is 4.06. The molecular weight excluding hydrogens is 221 g/mol. The average molecular weight is 233 g/mol. The van der Waals surface area contributed by atoms with E-state index in [1.54, 1.807) is 12.1 Å². The SMILES string of the molecule is N#Cc1c(F)cccc1N1CC(CN)CC1=O. The predicted octanol–water partition coefficient (Wildman–Crippen LogP) is 1.01. The van der Waals surface area contributed by atoms with E-state index in [4.69, 9.17) is 11.0 Å². The maximum Gasteiger partial charge on any atom is 0.227 e. The fourth-order valence-electron chi connectivity index (χ4n) is 2.02. The molecule has 1 heterocycles. The minimum absolute atomic E-state index is 0.0808. The van der Waals surface area contributed by atoms with Gasteiger partial charge in [0.05, 0.1) is 5.69 Å². The van der Waals surface area contributed by atoms with Gasteiger partial charge in [-0.05, 0) is 24.6 Å². The summed E-state index contributed by atoms with van der Waals surface area (Å²) >= 11 is 0. The van der Waals surface area contributed by atoms with Crippen LogP contribution in [-0.2, 0) is 4.79 Å². The van der Waals surface area contributed by atoms with Crippen molar-refractivity contribution in [1.82, 2.24) is 0 Å². The molecule has 5 heteroatoms. The lowest BCUT2D eigenvalue weighted by Gasteiger charge is -2.18. The molecule has 1 aliphatic heterocycles. The van der Waals surface area contributed by atoms with Crippen molar-refractivity contribution in [2.75, 3.05) is 18.0 Å². The van der Waals surface area contributed by atoms with E-state index in [2.05, 4.69) is 0 Å². The van der Waals surface area contributed by atoms with Crippen LogP contribution in [0.5, 0.6) is 0 Å². The van der Waals surface area contributed by atoms with Crippen LogP contribution < -0.4 is 10.6 Å². The number of amides is 1. The molecule has 1 amide bonds. The summed E-state index contributed by atoms with van der Waals surface area (Å²) in [7, 11) is 0. The molecule has 0 radical (unpaired) electrons. The molecule has 0 aliphatic carbocycles. The molecule has 1 aromatic carbocycles. The number of rotatable bonds is 2. The number of benzene rings is 1. The Morgan fingerprint density at radius 2 is 2.35 bits per heavy atom. The zero-order valence-corrected chi connectivity index (χ0v) is 9.19. The molecule has 1 saturated heterocycles. The summed E-state index contributed by atoms with van der Waals surface area (Å²) in [6.45, 7) is 0.868. The van der Waals surface area contributed by atoms with Gasteiger partial charge in [-0.3, -0.25) is 4.79 Å². The van der Waals surface area contributed by atoms with E-state index in [0.29, 0.717) is 25.2 Å². The third-order valence-corrected chi connectivity index (χ3v) is 2.93. The molecule has 1 unspecified atom stereocenters. The predicted molar refractivity (Wildman–Crippen MR) is 60.6 cm³/mol. The lowest BCUT2D eigenvalue weighted by Crippen LogP contribution is -2.26. The summed E-state index contributed by atoms with van der Waals surface area (Å²) in [6.07, 6.45) is 0.359. The monoisotopic (exact) mass is 233 g/mol. The van der Waals surface area contributed by atoms with E-state index in [1.165, 1.54) is 17.0 Å².